The molecule has 3 N–H and O–H groups in total. The fourth-order valence-electron chi connectivity index (χ4n) is 2.87. The lowest BCUT2D eigenvalue weighted by molar-refractivity contribution is -0.121. The van der Waals surface area contributed by atoms with E-state index >= 15 is 0 Å². The van der Waals surface area contributed by atoms with E-state index in [-0.39, 0.29) is 18.4 Å². The molecule has 0 bridgehead atoms. The van der Waals surface area contributed by atoms with E-state index in [4.69, 9.17) is 10.2 Å². The van der Waals surface area contributed by atoms with Crippen molar-refractivity contribution in [2.45, 2.75) is 13.0 Å². The Balaban J connectivity index is 1.48. The van der Waals surface area contributed by atoms with Gasteiger partial charge in [-0.05, 0) is 24.1 Å². The average Bonchev–Trinajstić information content (AvgIpc) is 3.33. The number of hydrogen-bond acceptors (Lipinski definition) is 6. The molecule has 0 aliphatic heterocycles. The zero-order valence-corrected chi connectivity index (χ0v) is 14.5. The molecule has 0 atom stereocenters. The van der Waals surface area contributed by atoms with Crippen LogP contribution in [0.15, 0.2) is 59.3 Å². The maximum Gasteiger partial charge on any atom is 0.241 e. The molecule has 0 spiro atoms. The van der Waals surface area contributed by atoms with Crippen molar-refractivity contribution >= 4 is 22.9 Å². The van der Waals surface area contributed by atoms with E-state index in [1.807, 2.05) is 30.3 Å². The van der Waals surface area contributed by atoms with Gasteiger partial charge in [0.05, 0.1) is 17.8 Å². The van der Waals surface area contributed by atoms with Crippen LogP contribution in [-0.2, 0) is 17.8 Å². The number of furan rings is 1. The number of hydrogen-bond donors (Lipinski definition) is 2. The highest BCUT2D eigenvalue weighted by molar-refractivity contribution is 5.90. The number of fused-ring (bicyclic) bond motifs is 1. The first kappa shape index (κ1) is 16.8. The molecule has 1 aromatic carbocycles. The first-order chi connectivity index (χ1) is 13.2. The molecule has 8 nitrogen and oxygen atoms in total. The first-order valence-electron chi connectivity index (χ1n) is 8.54. The molecule has 4 aromatic rings. The van der Waals surface area contributed by atoms with Gasteiger partial charge in [-0.1, -0.05) is 30.3 Å². The smallest absolute Gasteiger partial charge is 0.241 e. The Morgan fingerprint density at radius 2 is 2.00 bits per heavy atom. The summed E-state index contributed by atoms with van der Waals surface area (Å²) in [6.07, 6.45) is 3.94. The quantitative estimate of drug-likeness (QED) is 0.543. The summed E-state index contributed by atoms with van der Waals surface area (Å²) in [6.45, 7) is 0.600. The molecule has 3 heterocycles. The van der Waals surface area contributed by atoms with Crippen molar-refractivity contribution in [2.75, 3.05) is 12.3 Å². The third-order valence-corrected chi connectivity index (χ3v) is 4.14. The molecule has 0 aliphatic carbocycles. The molecular weight excluding hydrogens is 344 g/mol. The van der Waals surface area contributed by atoms with Gasteiger partial charge < -0.3 is 15.5 Å². The summed E-state index contributed by atoms with van der Waals surface area (Å²) in [5, 5.41) is 7.84. The third kappa shape index (κ3) is 3.64. The lowest BCUT2D eigenvalue weighted by Gasteiger charge is -2.07. The highest BCUT2D eigenvalue weighted by Gasteiger charge is 2.16. The van der Waals surface area contributed by atoms with E-state index in [9.17, 15) is 4.79 Å². The molecule has 1 amide bonds. The van der Waals surface area contributed by atoms with Gasteiger partial charge in [0.1, 0.15) is 12.2 Å². The van der Waals surface area contributed by atoms with Crippen molar-refractivity contribution in [1.82, 2.24) is 25.1 Å². The molecule has 4 rings (SSSR count). The van der Waals surface area contributed by atoms with Crippen LogP contribution in [0.3, 0.4) is 0 Å². The maximum absolute atomic E-state index is 12.3. The number of nitrogens with zero attached hydrogens (tertiary/aromatic N) is 4. The van der Waals surface area contributed by atoms with E-state index in [1.54, 1.807) is 24.6 Å². The van der Waals surface area contributed by atoms with Gasteiger partial charge in [-0.15, -0.1) is 0 Å². The van der Waals surface area contributed by atoms with Crippen molar-refractivity contribution in [1.29, 1.82) is 0 Å². The minimum absolute atomic E-state index is 0.0480. The molecule has 0 unspecified atom stereocenters. The number of carbonyl (C=O) groups excluding carboxylic acids is 1. The molecule has 3 aromatic heterocycles. The van der Waals surface area contributed by atoms with E-state index in [2.05, 4.69) is 20.4 Å². The minimum Gasteiger partial charge on any atom is -0.463 e. The fourth-order valence-corrected chi connectivity index (χ4v) is 2.87. The second-order valence-corrected chi connectivity index (χ2v) is 6.03. The van der Waals surface area contributed by atoms with E-state index in [1.165, 1.54) is 10.2 Å². The monoisotopic (exact) mass is 362 g/mol. The van der Waals surface area contributed by atoms with Crippen molar-refractivity contribution in [3.63, 3.8) is 0 Å². The van der Waals surface area contributed by atoms with Gasteiger partial charge >= 0.3 is 0 Å². The maximum atomic E-state index is 12.3. The van der Waals surface area contributed by atoms with Crippen LogP contribution in [0.5, 0.6) is 0 Å². The first-order valence-corrected chi connectivity index (χ1v) is 8.54. The number of rotatable bonds is 6. The summed E-state index contributed by atoms with van der Waals surface area (Å²) in [7, 11) is 0. The summed E-state index contributed by atoms with van der Waals surface area (Å²) >= 11 is 0. The highest BCUT2D eigenvalue weighted by Crippen LogP contribution is 2.26. The van der Waals surface area contributed by atoms with Crippen LogP contribution in [0.25, 0.3) is 22.5 Å². The Kier molecular flexibility index (Phi) is 4.52. The molecule has 0 aliphatic rings. The van der Waals surface area contributed by atoms with Crippen LogP contribution in [0, 0.1) is 0 Å². The number of nitrogen functional groups attached to an aromatic ring is 1. The van der Waals surface area contributed by atoms with E-state index in [0.717, 1.165) is 6.42 Å². The predicted octanol–water partition coefficient (Wildman–Crippen LogP) is 2.03. The Labute approximate surface area is 155 Å². The van der Waals surface area contributed by atoms with Gasteiger partial charge in [0.25, 0.3) is 0 Å². The Bertz CT molecular complexity index is 1060. The minimum atomic E-state index is -0.146. The Morgan fingerprint density at radius 3 is 2.78 bits per heavy atom. The number of amides is 1. The molecule has 27 heavy (non-hydrogen) atoms. The number of benzene rings is 1. The molecule has 0 radical (unpaired) electrons. The second kappa shape index (κ2) is 7.28. The van der Waals surface area contributed by atoms with Crippen molar-refractivity contribution < 1.29 is 9.21 Å². The second-order valence-electron chi connectivity index (χ2n) is 6.03. The van der Waals surface area contributed by atoms with E-state index in [0.29, 0.717) is 29.0 Å². The third-order valence-electron chi connectivity index (χ3n) is 4.14. The molecule has 8 heteroatoms. The fraction of sp³-hybridized carbons (Fsp3) is 0.158. The van der Waals surface area contributed by atoms with Crippen LogP contribution >= 0.6 is 0 Å². The SMILES string of the molecule is Nc1nc(-c2ccco2)c2cnn(CC(=O)NCCc3ccccc3)c2n1. The Hall–Kier alpha value is -3.68. The topological polar surface area (TPSA) is 112 Å². The van der Waals surface area contributed by atoms with Gasteiger partial charge in [-0.25, -0.2) is 9.67 Å². The van der Waals surface area contributed by atoms with Crippen LogP contribution < -0.4 is 11.1 Å². The summed E-state index contributed by atoms with van der Waals surface area (Å²) in [5.41, 5.74) is 8.05. The summed E-state index contributed by atoms with van der Waals surface area (Å²) in [5.74, 6) is 0.522. The number of aromatic nitrogens is 4. The van der Waals surface area contributed by atoms with Gasteiger partial charge in [-0.3, -0.25) is 4.79 Å². The lowest BCUT2D eigenvalue weighted by atomic mass is 10.1. The zero-order valence-electron chi connectivity index (χ0n) is 14.5. The van der Waals surface area contributed by atoms with Gasteiger partial charge in [0.15, 0.2) is 11.4 Å². The van der Waals surface area contributed by atoms with Crippen LogP contribution in [-0.4, -0.2) is 32.2 Å². The normalized spacial score (nSPS) is 11.0. The zero-order chi connectivity index (χ0) is 18.6. The van der Waals surface area contributed by atoms with Crippen molar-refractivity contribution in [3.8, 4) is 11.5 Å². The molecule has 136 valence electrons. The predicted molar refractivity (Wildman–Crippen MR) is 101 cm³/mol. The summed E-state index contributed by atoms with van der Waals surface area (Å²) in [4.78, 5) is 20.7. The number of anilines is 1. The van der Waals surface area contributed by atoms with Gasteiger partial charge in [0.2, 0.25) is 11.9 Å². The molecule has 0 saturated carbocycles. The van der Waals surface area contributed by atoms with E-state index < -0.39 is 0 Å². The number of carbonyl (C=O) groups is 1. The molecular formula is C19H18N6O2. The highest BCUT2D eigenvalue weighted by atomic mass is 16.3. The van der Waals surface area contributed by atoms with Crippen molar-refractivity contribution in [2.24, 2.45) is 0 Å². The van der Waals surface area contributed by atoms with Gasteiger partial charge in [0, 0.05) is 6.54 Å². The largest absolute Gasteiger partial charge is 0.463 e. The number of nitrogens with two attached hydrogens (primary N) is 1. The van der Waals surface area contributed by atoms with Crippen LogP contribution in [0.1, 0.15) is 5.56 Å². The van der Waals surface area contributed by atoms with Gasteiger partial charge in [-0.2, -0.15) is 10.1 Å². The van der Waals surface area contributed by atoms with Crippen LogP contribution in [0.4, 0.5) is 5.95 Å². The standard InChI is InChI=1S/C19H18N6O2/c20-19-23-17(15-7-4-10-27-15)14-11-22-25(18(14)24-19)12-16(26)21-9-8-13-5-2-1-3-6-13/h1-7,10-11H,8-9,12H2,(H,21,26)(H2,20,23,24). The molecule has 0 fully saturated rings. The van der Waals surface area contributed by atoms with Crippen LogP contribution in [0.2, 0.25) is 0 Å². The molecule has 0 saturated heterocycles. The van der Waals surface area contributed by atoms with Crippen molar-refractivity contribution in [3.05, 3.63) is 60.5 Å². The Morgan fingerprint density at radius 1 is 1.15 bits per heavy atom. The lowest BCUT2D eigenvalue weighted by Crippen LogP contribution is -2.29. The summed E-state index contributed by atoms with van der Waals surface area (Å²) < 4.78 is 6.92. The average molecular weight is 362 g/mol. The number of nitrogens with one attached hydrogen (secondary N) is 1. The summed E-state index contributed by atoms with van der Waals surface area (Å²) in [6, 6.07) is 13.5.